The number of ether oxygens (including phenoxy) is 1. The SMILES string of the molecule is CN(Cc1ccccc1OC1CCCC1)Cc1n[nH]c2c1CCCC2. The first-order chi connectivity index (χ1) is 12.3. The molecule has 1 heterocycles. The molecule has 1 saturated carbocycles. The zero-order valence-corrected chi connectivity index (χ0v) is 15.3. The maximum Gasteiger partial charge on any atom is 0.124 e. The number of fused-ring (bicyclic) bond motifs is 1. The highest BCUT2D eigenvalue weighted by atomic mass is 16.5. The van der Waals surface area contributed by atoms with Crippen LogP contribution in [0.4, 0.5) is 0 Å². The van der Waals surface area contributed by atoms with Crippen LogP contribution in [0.5, 0.6) is 5.75 Å². The summed E-state index contributed by atoms with van der Waals surface area (Å²) in [5, 5.41) is 7.84. The van der Waals surface area contributed by atoms with Crippen molar-refractivity contribution in [3.63, 3.8) is 0 Å². The van der Waals surface area contributed by atoms with Gasteiger partial charge in [0.2, 0.25) is 0 Å². The average molecular weight is 339 g/mol. The van der Waals surface area contributed by atoms with Crippen molar-refractivity contribution >= 4 is 0 Å². The molecule has 0 atom stereocenters. The standard InChI is InChI=1S/C21H29N3O/c1-24(15-20-18-11-5-6-12-19(18)22-23-20)14-16-8-2-7-13-21(16)25-17-9-3-4-10-17/h2,7-8,13,17H,3-6,9-12,14-15H2,1H3,(H,22,23). The van der Waals surface area contributed by atoms with Crippen LogP contribution in [0.3, 0.4) is 0 Å². The molecule has 1 fully saturated rings. The number of para-hydroxylation sites is 1. The Labute approximate surface area is 150 Å². The van der Waals surface area contributed by atoms with Crippen molar-refractivity contribution < 1.29 is 4.74 Å². The molecule has 4 nitrogen and oxygen atoms in total. The second-order valence-corrected chi connectivity index (χ2v) is 7.64. The summed E-state index contributed by atoms with van der Waals surface area (Å²) in [4.78, 5) is 2.35. The van der Waals surface area contributed by atoms with E-state index in [9.17, 15) is 0 Å². The van der Waals surface area contributed by atoms with E-state index in [2.05, 4.69) is 46.4 Å². The number of hydrogen-bond acceptors (Lipinski definition) is 3. The number of benzene rings is 1. The Morgan fingerprint density at radius 2 is 1.88 bits per heavy atom. The summed E-state index contributed by atoms with van der Waals surface area (Å²) in [5.41, 5.74) is 5.33. The van der Waals surface area contributed by atoms with Gasteiger partial charge in [0.15, 0.2) is 0 Å². The third-order valence-corrected chi connectivity index (χ3v) is 5.57. The van der Waals surface area contributed by atoms with E-state index in [1.165, 1.54) is 67.5 Å². The molecule has 2 aliphatic carbocycles. The summed E-state index contributed by atoms with van der Waals surface area (Å²) in [5.74, 6) is 1.06. The highest BCUT2D eigenvalue weighted by molar-refractivity contribution is 5.34. The van der Waals surface area contributed by atoms with E-state index in [1.54, 1.807) is 0 Å². The predicted molar refractivity (Wildman–Crippen MR) is 99.7 cm³/mol. The quantitative estimate of drug-likeness (QED) is 0.856. The molecular formula is C21H29N3O. The summed E-state index contributed by atoms with van der Waals surface area (Å²) in [6.45, 7) is 1.79. The van der Waals surface area contributed by atoms with Crippen LogP contribution in [-0.4, -0.2) is 28.2 Å². The minimum atomic E-state index is 0.407. The number of H-pyrrole nitrogens is 1. The minimum Gasteiger partial charge on any atom is -0.490 e. The molecular weight excluding hydrogens is 310 g/mol. The molecule has 2 aliphatic rings. The third-order valence-electron chi connectivity index (χ3n) is 5.57. The van der Waals surface area contributed by atoms with Gasteiger partial charge in [0.1, 0.15) is 5.75 Å². The fourth-order valence-electron chi connectivity index (χ4n) is 4.22. The number of nitrogens with zero attached hydrogens (tertiary/aromatic N) is 2. The van der Waals surface area contributed by atoms with Crippen LogP contribution >= 0.6 is 0 Å². The van der Waals surface area contributed by atoms with Gasteiger partial charge >= 0.3 is 0 Å². The van der Waals surface area contributed by atoms with E-state index in [0.29, 0.717) is 6.10 Å². The molecule has 4 rings (SSSR count). The van der Waals surface area contributed by atoms with Gasteiger partial charge in [0, 0.05) is 24.3 Å². The number of aromatic amines is 1. The van der Waals surface area contributed by atoms with E-state index >= 15 is 0 Å². The first-order valence-corrected chi connectivity index (χ1v) is 9.77. The lowest BCUT2D eigenvalue weighted by atomic mass is 9.96. The Hall–Kier alpha value is -1.81. The fraction of sp³-hybridized carbons (Fsp3) is 0.571. The second kappa shape index (κ2) is 7.61. The predicted octanol–water partition coefficient (Wildman–Crippen LogP) is 4.24. The molecule has 0 aliphatic heterocycles. The molecule has 0 unspecified atom stereocenters. The summed E-state index contributed by atoms with van der Waals surface area (Å²) >= 11 is 0. The van der Waals surface area contributed by atoms with Crippen LogP contribution in [0.25, 0.3) is 0 Å². The van der Waals surface area contributed by atoms with Crippen LogP contribution in [0.2, 0.25) is 0 Å². The van der Waals surface area contributed by atoms with E-state index in [0.717, 1.165) is 25.3 Å². The smallest absolute Gasteiger partial charge is 0.124 e. The van der Waals surface area contributed by atoms with E-state index < -0.39 is 0 Å². The zero-order valence-electron chi connectivity index (χ0n) is 15.3. The van der Waals surface area contributed by atoms with Crippen LogP contribution in [0.1, 0.15) is 61.0 Å². The molecule has 0 saturated heterocycles. The van der Waals surface area contributed by atoms with Gasteiger partial charge in [0.05, 0.1) is 11.8 Å². The van der Waals surface area contributed by atoms with Gasteiger partial charge in [-0.3, -0.25) is 10.00 Å². The van der Waals surface area contributed by atoms with Crippen molar-refractivity contribution in [1.29, 1.82) is 0 Å². The highest BCUT2D eigenvalue weighted by Crippen LogP contribution is 2.28. The maximum atomic E-state index is 6.28. The van der Waals surface area contributed by atoms with Crippen LogP contribution in [-0.2, 0) is 25.9 Å². The van der Waals surface area contributed by atoms with Gasteiger partial charge in [-0.25, -0.2) is 0 Å². The van der Waals surface area contributed by atoms with Crippen molar-refractivity contribution in [2.75, 3.05) is 7.05 Å². The van der Waals surface area contributed by atoms with Gasteiger partial charge in [-0.1, -0.05) is 18.2 Å². The Bertz CT molecular complexity index is 703. The lowest BCUT2D eigenvalue weighted by Gasteiger charge is -2.21. The Morgan fingerprint density at radius 3 is 2.76 bits per heavy atom. The van der Waals surface area contributed by atoms with Gasteiger partial charge in [0.25, 0.3) is 0 Å². The van der Waals surface area contributed by atoms with E-state index in [1.807, 2.05) is 0 Å². The molecule has 0 radical (unpaired) electrons. The number of nitrogens with one attached hydrogen (secondary N) is 1. The number of aromatic nitrogens is 2. The van der Waals surface area contributed by atoms with Crippen molar-refractivity contribution in [2.24, 2.45) is 0 Å². The fourth-order valence-corrected chi connectivity index (χ4v) is 4.22. The number of hydrogen-bond donors (Lipinski definition) is 1. The van der Waals surface area contributed by atoms with E-state index in [4.69, 9.17) is 4.74 Å². The van der Waals surface area contributed by atoms with Crippen LogP contribution in [0, 0.1) is 0 Å². The molecule has 2 aromatic rings. The first-order valence-electron chi connectivity index (χ1n) is 9.77. The maximum absolute atomic E-state index is 6.28. The molecule has 1 N–H and O–H groups in total. The van der Waals surface area contributed by atoms with Crippen molar-refractivity contribution in [3.8, 4) is 5.75 Å². The summed E-state index contributed by atoms with van der Waals surface area (Å²) < 4.78 is 6.28. The van der Waals surface area contributed by atoms with Gasteiger partial charge in [-0.05, 0) is 70.0 Å². The highest BCUT2D eigenvalue weighted by Gasteiger charge is 2.20. The normalized spacial score (nSPS) is 17.8. The van der Waals surface area contributed by atoms with Gasteiger partial charge < -0.3 is 4.74 Å². The molecule has 134 valence electrons. The Kier molecular flexibility index (Phi) is 5.07. The third kappa shape index (κ3) is 3.90. The van der Waals surface area contributed by atoms with Crippen molar-refractivity contribution in [3.05, 3.63) is 46.8 Å². The topological polar surface area (TPSA) is 41.1 Å². The largest absolute Gasteiger partial charge is 0.490 e. The molecule has 0 spiro atoms. The number of rotatable bonds is 6. The molecule has 4 heteroatoms. The Balaban J connectivity index is 1.42. The molecule has 0 bridgehead atoms. The molecule has 1 aromatic carbocycles. The first kappa shape index (κ1) is 16.6. The van der Waals surface area contributed by atoms with E-state index in [-0.39, 0.29) is 0 Å². The van der Waals surface area contributed by atoms with Crippen molar-refractivity contribution in [1.82, 2.24) is 15.1 Å². The summed E-state index contributed by atoms with van der Waals surface area (Å²) in [7, 11) is 2.18. The lowest BCUT2D eigenvalue weighted by Crippen LogP contribution is -2.20. The second-order valence-electron chi connectivity index (χ2n) is 7.64. The summed E-state index contributed by atoms with van der Waals surface area (Å²) in [6.07, 6.45) is 10.3. The zero-order chi connectivity index (χ0) is 17.1. The Morgan fingerprint density at radius 1 is 1.08 bits per heavy atom. The number of aryl methyl sites for hydroxylation is 1. The average Bonchev–Trinajstić information content (AvgIpc) is 3.27. The van der Waals surface area contributed by atoms with Gasteiger partial charge in [-0.15, -0.1) is 0 Å². The molecule has 0 amide bonds. The van der Waals surface area contributed by atoms with Gasteiger partial charge in [-0.2, -0.15) is 5.10 Å². The summed E-state index contributed by atoms with van der Waals surface area (Å²) in [6, 6.07) is 8.51. The monoisotopic (exact) mass is 339 g/mol. The van der Waals surface area contributed by atoms with Crippen LogP contribution < -0.4 is 4.74 Å². The van der Waals surface area contributed by atoms with Crippen LogP contribution in [0.15, 0.2) is 24.3 Å². The minimum absolute atomic E-state index is 0.407. The molecule has 25 heavy (non-hydrogen) atoms. The molecule has 1 aromatic heterocycles. The van der Waals surface area contributed by atoms with Crippen molar-refractivity contribution in [2.45, 2.75) is 70.6 Å². The lowest BCUT2D eigenvalue weighted by molar-refractivity contribution is 0.203.